The standard InChI is InChI=1S/C20H24N4OS/c1-3-4-5-7-10-15-13-21-14-17(18(15)25)19-22-23-20(26-2)24(19)16-11-8-6-9-12-16/h6,8-9,11-14H,3-5,7,10H2,1-2H3,(H,21,25). The number of nitrogens with zero attached hydrogens (tertiary/aromatic N) is 3. The van der Waals surface area contributed by atoms with E-state index in [2.05, 4.69) is 22.1 Å². The summed E-state index contributed by atoms with van der Waals surface area (Å²) in [6.45, 7) is 2.19. The first-order valence-electron chi connectivity index (χ1n) is 9.01. The van der Waals surface area contributed by atoms with Crippen molar-refractivity contribution < 1.29 is 0 Å². The molecule has 0 aliphatic heterocycles. The number of H-pyrrole nitrogens is 1. The fraction of sp³-hybridized carbons (Fsp3) is 0.350. The zero-order valence-electron chi connectivity index (χ0n) is 15.2. The second-order valence-corrected chi connectivity index (χ2v) is 6.99. The van der Waals surface area contributed by atoms with E-state index >= 15 is 0 Å². The molecule has 0 atom stereocenters. The molecule has 0 aliphatic carbocycles. The Kier molecular flexibility index (Phi) is 6.28. The Bertz CT molecular complexity index is 902. The minimum Gasteiger partial charge on any atom is -0.366 e. The van der Waals surface area contributed by atoms with Crippen LogP contribution in [0.2, 0.25) is 0 Å². The van der Waals surface area contributed by atoms with Gasteiger partial charge in [-0.2, -0.15) is 0 Å². The summed E-state index contributed by atoms with van der Waals surface area (Å²) < 4.78 is 1.94. The van der Waals surface area contributed by atoms with Crippen molar-refractivity contribution >= 4 is 11.8 Å². The van der Waals surface area contributed by atoms with Gasteiger partial charge in [0.25, 0.3) is 0 Å². The molecule has 6 heteroatoms. The van der Waals surface area contributed by atoms with Crippen molar-refractivity contribution in [3.63, 3.8) is 0 Å². The lowest BCUT2D eigenvalue weighted by Gasteiger charge is -2.09. The highest BCUT2D eigenvalue weighted by atomic mass is 32.2. The molecule has 0 unspecified atom stereocenters. The molecule has 26 heavy (non-hydrogen) atoms. The van der Waals surface area contributed by atoms with Crippen molar-refractivity contribution in [1.29, 1.82) is 0 Å². The number of thioether (sulfide) groups is 1. The number of benzene rings is 1. The van der Waals surface area contributed by atoms with Crippen molar-refractivity contribution in [3.8, 4) is 17.1 Å². The molecule has 0 fully saturated rings. The molecule has 0 radical (unpaired) electrons. The molecular formula is C20H24N4OS. The van der Waals surface area contributed by atoms with Gasteiger partial charge in [0.2, 0.25) is 0 Å². The first kappa shape index (κ1) is 18.5. The number of pyridine rings is 1. The predicted octanol–water partition coefficient (Wildman–Crippen LogP) is 4.47. The second kappa shape index (κ2) is 8.85. The van der Waals surface area contributed by atoms with Crippen LogP contribution in [0, 0.1) is 0 Å². The summed E-state index contributed by atoms with van der Waals surface area (Å²) in [4.78, 5) is 16.1. The third-order valence-electron chi connectivity index (χ3n) is 4.39. The highest BCUT2D eigenvalue weighted by molar-refractivity contribution is 7.98. The van der Waals surface area contributed by atoms with Crippen LogP contribution in [-0.4, -0.2) is 26.0 Å². The summed E-state index contributed by atoms with van der Waals surface area (Å²) in [5.41, 5.74) is 2.36. The summed E-state index contributed by atoms with van der Waals surface area (Å²) in [7, 11) is 0. The monoisotopic (exact) mass is 368 g/mol. The molecule has 0 amide bonds. The highest BCUT2D eigenvalue weighted by Gasteiger charge is 2.18. The fourth-order valence-electron chi connectivity index (χ4n) is 3.01. The lowest BCUT2D eigenvalue weighted by molar-refractivity contribution is 0.665. The first-order valence-corrected chi connectivity index (χ1v) is 10.2. The van der Waals surface area contributed by atoms with Gasteiger partial charge in [0, 0.05) is 23.6 Å². The van der Waals surface area contributed by atoms with Crippen LogP contribution in [0.15, 0.2) is 52.7 Å². The number of aromatic amines is 1. The van der Waals surface area contributed by atoms with E-state index in [0.717, 1.165) is 35.7 Å². The van der Waals surface area contributed by atoms with Crippen LogP contribution in [0.3, 0.4) is 0 Å². The summed E-state index contributed by atoms with van der Waals surface area (Å²) in [5.74, 6) is 0.581. The van der Waals surface area contributed by atoms with Gasteiger partial charge in [-0.05, 0) is 31.2 Å². The van der Waals surface area contributed by atoms with Gasteiger partial charge in [-0.3, -0.25) is 9.36 Å². The number of rotatable bonds is 8. The van der Waals surface area contributed by atoms with Crippen LogP contribution in [0.25, 0.3) is 17.1 Å². The Labute approximate surface area is 157 Å². The lowest BCUT2D eigenvalue weighted by Crippen LogP contribution is -2.14. The van der Waals surface area contributed by atoms with Gasteiger partial charge in [0.1, 0.15) is 0 Å². The van der Waals surface area contributed by atoms with Crippen LogP contribution in [-0.2, 0) is 6.42 Å². The molecule has 3 aromatic rings. The maximum Gasteiger partial charge on any atom is 0.195 e. The van der Waals surface area contributed by atoms with Crippen molar-refractivity contribution in [2.75, 3.05) is 6.26 Å². The zero-order chi connectivity index (χ0) is 18.4. The molecule has 0 bridgehead atoms. The lowest BCUT2D eigenvalue weighted by atomic mass is 10.1. The predicted molar refractivity (Wildman–Crippen MR) is 107 cm³/mol. The molecule has 1 aromatic carbocycles. The van der Waals surface area contributed by atoms with Gasteiger partial charge in [0.05, 0.1) is 5.56 Å². The van der Waals surface area contributed by atoms with Crippen molar-refractivity contribution in [1.82, 2.24) is 19.7 Å². The number of para-hydroxylation sites is 1. The summed E-state index contributed by atoms with van der Waals surface area (Å²) in [6, 6.07) is 9.90. The van der Waals surface area contributed by atoms with E-state index in [1.165, 1.54) is 24.6 Å². The number of aryl methyl sites for hydroxylation is 1. The number of aromatic nitrogens is 4. The van der Waals surface area contributed by atoms with Crippen molar-refractivity contribution in [2.45, 2.75) is 44.2 Å². The number of hydrogen-bond donors (Lipinski definition) is 1. The van der Waals surface area contributed by atoms with E-state index < -0.39 is 0 Å². The molecule has 0 spiro atoms. The third-order valence-corrected chi connectivity index (χ3v) is 5.02. The molecule has 2 aromatic heterocycles. The maximum absolute atomic E-state index is 13.0. The topological polar surface area (TPSA) is 63.6 Å². The third kappa shape index (κ3) is 3.90. The molecular weight excluding hydrogens is 344 g/mol. The quantitative estimate of drug-likeness (QED) is 0.471. The van der Waals surface area contributed by atoms with Gasteiger partial charge in [-0.25, -0.2) is 0 Å². The van der Waals surface area contributed by atoms with Crippen LogP contribution >= 0.6 is 11.8 Å². The van der Waals surface area contributed by atoms with Crippen LogP contribution < -0.4 is 5.43 Å². The van der Waals surface area contributed by atoms with Crippen LogP contribution in [0.1, 0.15) is 38.2 Å². The van der Waals surface area contributed by atoms with Crippen molar-refractivity contribution in [2.24, 2.45) is 0 Å². The summed E-state index contributed by atoms with van der Waals surface area (Å²) in [6.07, 6.45) is 10.9. The van der Waals surface area contributed by atoms with Gasteiger partial charge in [0.15, 0.2) is 16.4 Å². The highest BCUT2D eigenvalue weighted by Crippen LogP contribution is 2.25. The van der Waals surface area contributed by atoms with E-state index in [-0.39, 0.29) is 5.43 Å². The smallest absolute Gasteiger partial charge is 0.195 e. The Morgan fingerprint density at radius 3 is 2.62 bits per heavy atom. The minimum absolute atomic E-state index is 0.0393. The Morgan fingerprint density at radius 1 is 1.08 bits per heavy atom. The number of unbranched alkanes of at least 4 members (excludes halogenated alkanes) is 3. The number of nitrogens with one attached hydrogen (secondary N) is 1. The van der Waals surface area contributed by atoms with E-state index in [4.69, 9.17) is 0 Å². The minimum atomic E-state index is 0.0393. The average molecular weight is 369 g/mol. The largest absolute Gasteiger partial charge is 0.366 e. The molecule has 2 heterocycles. The first-order chi connectivity index (χ1) is 12.8. The molecule has 1 N–H and O–H groups in total. The van der Waals surface area contributed by atoms with Crippen LogP contribution in [0.4, 0.5) is 0 Å². The molecule has 0 saturated carbocycles. The molecule has 0 saturated heterocycles. The van der Waals surface area contributed by atoms with Gasteiger partial charge in [-0.1, -0.05) is 56.1 Å². The molecule has 0 aliphatic rings. The van der Waals surface area contributed by atoms with E-state index in [1.54, 1.807) is 6.20 Å². The Morgan fingerprint density at radius 2 is 1.88 bits per heavy atom. The SMILES string of the molecule is CCCCCCc1c[nH]cc(-c2nnc(SC)n2-c2ccccc2)c1=O. The summed E-state index contributed by atoms with van der Waals surface area (Å²) in [5, 5.41) is 9.35. The molecule has 5 nitrogen and oxygen atoms in total. The van der Waals surface area contributed by atoms with E-state index in [9.17, 15) is 4.79 Å². The van der Waals surface area contributed by atoms with Gasteiger partial charge in [-0.15, -0.1) is 10.2 Å². The Balaban J connectivity index is 2.00. The van der Waals surface area contributed by atoms with Gasteiger partial charge < -0.3 is 4.98 Å². The van der Waals surface area contributed by atoms with Crippen molar-refractivity contribution in [3.05, 3.63) is 58.5 Å². The number of hydrogen-bond acceptors (Lipinski definition) is 4. The fourth-order valence-corrected chi connectivity index (χ4v) is 3.51. The second-order valence-electron chi connectivity index (χ2n) is 6.22. The molecule has 136 valence electrons. The molecule has 3 rings (SSSR count). The summed E-state index contributed by atoms with van der Waals surface area (Å²) >= 11 is 1.51. The average Bonchev–Trinajstić information content (AvgIpc) is 3.11. The Hall–Kier alpha value is -2.34. The van der Waals surface area contributed by atoms with Crippen LogP contribution in [0.5, 0.6) is 0 Å². The normalized spacial score (nSPS) is 11.0. The van der Waals surface area contributed by atoms with Gasteiger partial charge >= 0.3 is 0 Å². The zero-order valence-corrected chi connectivity index (χ0v) is 16.1. The van der Waals surface area contributed by atoms with E-state index in [0.29, 0.717) is 11.4 Å². The maximum atomic E-state index is 13.0. The van der Waals surface area contributed by atoms with E-state index in [1.807, 2.05) is 47.4 Å².